The van der Waals surface area contributed by atoms with Gasteiger partial charge in [0.2, 0.25) is 0 Å². The standard InChI is InChI=1S/C13H22O2/c1-2-15-13-8-11(9-13)7-12(14)6-5-10-3-4-10/h10-11,13H,2-9H2,1H3. The normalized spacial score (nSPS) is 29.9. The van der Waals surface area contributed by atoms with Gasteiger partial charge in [-0.1, -0.05) is 12.8 Å². The summed E-state index contributed by atoms with van der Waals surface area (Å²) in [7, 11) is 0. The average Bonchev–Trinajstić information content (AvgIpc) is 2.95. The summed E-state index contributed by atoms with van der Waals surface area (Å²) >= 11 is 0. The summed E-state index contributed by atoms with van der Waals surface area (Å²) in [5, 5.41) is 0. The summed E-state index contributed by atoms with van der Waals surface area (Å²) in [4.78, 5) is 11.6. The van der Waals surface area contributed by atoms with Gasteiger partial charge in [-0.25, -0.2) is 0 Å². The molecular formula is C13H22O2. The Hall–Kier alpha value is -0.370. The number of carbonyl (C=O) groups is 1. The van der Waals surface area contributed by atoms with Crippen LogP contribution in [0, 0.1) is 11.8 Å². The van der Waals surface area contributed by atoms with Gasteiger partial charge in [-0.3, -0.25) is 4.79 Å². The largest absolute Gasteiger partial charge is 0.378 e. The highest BCUT2D eigenvalue weighted by Crippen LogP contribution is 2.36. The average molecular weight is 210 g/mol. The van der Waals surface area contributed by atoms with Gasteiger partial charge in [-0.15, -0.1) is 0 Å². The summed E-state index contributed by atoms with van der Waals surface area (Å²) in [6, 6.07) is 0. The van der Waals surface area contributed by atoms with Crippen LogP contribution in [0.2, 0.25) is 0 Å². The molecule has 0 radical (unpaired) electrons. The second kappa shape index (κ2) is 5.11. The number of Topliss-reactive ketones (excluding diaryl/α,β-unsaturated/α-hetero) is 1. The predicted octanol–water partition coefficient (Wildman–Crippen LogP) is 2.95. The highest BCUT2D eigenvalue weighted by Gasteiger charge is 2.31. The zero-order chi connectivity index (χ0) is 10.7. The van der Waals surface area contributed by atoms with E-state index in [1.807, 2.05) is 6.92 Å². The van der Waals surface area contributed by atoms with Gasteiger partial charge in [0.05, 0.1) is 6.10 Å². The van der Waals surface area contributed by atoms with Gasteiger partial charge < -0.3 is 4.74 Å². The fourth-order valence-corrected chi connectivity index (χ4v) is 2.41. The van der Waals surface area contributed by atoms with Gasteiger partial charge in [0.25, 0.3) is 0 Å². The van der Waals surface area contributed by atoms with Crippen LogP contribution in [0.5, 0.6) is 0 Å². The Balaban J connectivity index is 1.51. The van der Waals surface area contributed by atoms with E-state index in [1.165, 1.54) is 12.8 Å². The zero-order valence-corrected chi connectivity index (χ0v) is 9.71. The minimum Gasteiger partial charge on any atom is -0.378 e. The maximum Gasteiger partial charge on any atom is 0.133 e. The predicted molar refractivity (Wildman–Crippen MR) is 59.7 cm³/mol. The summed E-state index contributed by atoms with van der Waals surface area (Å²) in [5.74, 6) is 2.02. The molecule has 0 bridgehead atoms. The van der Waals surface area contributed by atoms with Crippen molar-refractivity contribution >= 4 is 5.78 Å². The van der Waals surface area contributed by atoms with Crippen LogP contribution in [0.3, 0.4) is 0 Å². The third-order valence-corrected chi connectivity index (χ3v) is 3.64. The minimum absolute atomic E-state index is 0.455. The Labute approximate surface area is 92.4 Å². The van der Waals surface area contributed by atoms with E-state index in [0.717, 1.165) is 44.6 Å². The molecule has 86 valence electrons. The highest BCUT2D eigenvalue weighted by molar-refractivity contribution is 5.78. The zero-order valence-electron chi connectivity index (χ0n) is 9.71. The van der Waals surface area contributed by atoms with Gasteiger partial charge in [0, 0.05) is 19.4 Å². The molecule has 0 N–H and O–H groups in total. The molecule has 2 aliphatic rings. The number of ketones is 1. The maximum absolute atomic E-state index is 11.6. The van der Waals surface area contributed by atoms with Crippen LogP contribution in [-0.4, -0.2) is 18.5 Å². The smallest absolute Gasteiger partial charge is 0.133 e. The molecule has 0 aliphatic heterocycles. The van der Waals surface area contributed by atoms with Crippen molar-refractivity contribution in [1.29, 1.82) is 0 Å². The van der Waals surface area contributed by atoms with Crippen LogP contribution in [0.25, 0.3) is 0 Å². The molecule has 15 heavy (non-hydrogen) atoms. The molecule has 2 rings (SSSR count). The molecule has 2 fully saturated rings. The second-order valence-electron chi connectivity index (χ2n) is 5.14. The molecule has 2 heteroatoms. The van der Waals surface area contributed by atoms with Crippen LogP contribution in [0.4, 0.5) is 0 Å². The van der Waals surface area contributed by atoms with E-state index in [9.17, 15) is 4.79 Å². The lowest BCUT2D eigenvalue weighted by Crippen LogP contribution is -2.32. The van der Waals surface area contributed by atoms with E-state index >= 15 is 0 Å². The van der Waals surface area contributed by atoms with Crippen molar-refractivity contribution < 1.29 is 9.53 Å². The number of hydrogen-bond acceptors (Lipinski definition) is 2. The maximum atomic E-state index is 11.6. The van der Waals surface area contributed by atoms with Crippen molar-refractivity contribution in [2.75, 3.05) is 6.61 Å². The van der Waals surface area contributed by atoms with Crippen LogP contribution >= 0.6 is 0 Å². The van der Waals surface area contributed by atoms with Crippen molar-refractivity contribution in [3.8, 4) is 0 Å². The van der Waals surface area contributed by atoms with E-state index in [0.29, 0.717) is 17.8 Å². The van der Waals surface area contributed by atoms with E-state index in [4.69, 9.17) is 4.74 Å². The van der Waals surface area contributed by atoms with Crippen molar-refractivity contribution in [1.82, 2.24) is 0 Å². The molecule has 0 atom stereocenters. The number of hydrogen-bond donors (Lipinski definition) is 0. The van der Waals surface area contributed by atoms with E-state index < -0.39 is 0 Å². The highest BCUT2D eigenvalue weighted by atomic mass is 16.5. The Morgan fingerprint density at radius 3 is 2.60 bits per heavy atom. The molecule has 0 aromatic carbocycles. The fourth-order valence-electron chi connectivity index (χ4n) is 2.41. The van der Waals surface area contributed by atoms with Crippen LogP contribution in [0.1, 0.15) is 51.9 Å². The molecule has 0 aromatic rings. The lowest BCUT2D eigenvalue weighted by molar-refractivity contribution is -0.122. The van der Waals surface area contributed by atoms with Gasteiger partial charge in [-0.2, -0.15) is 0 Å². The molecule has 0 saturated heterocycles. The van der Waals surface area contributed by atoms with Crippen LogP contribution in [0.15, 0.2) is 0 Å². The Kier molecular flexibility index (Phi) is 3.79. The monoisotopic (exact) mass is 210 g/mol. The Morgan fingerprint density at radius 2 is 2.00 bits per heavy atom. The van der Waals surface area contributed by atoms with Crippen molar-refractivity contribution in [2.24, 2.45) is 11.8 Å². The molecule has 0 unspecified atom stereocenters. The van der Waals surface area contributed by atoms with Gasteiger partial charge in [-0.05, 0) is 38.0 Å². The Morgan fingerprint density at radius 1 is 1.27 bits per heavy atom. The molecule has 0 spiro atoms. The first-order valence-electron chi connectivity index (χ1n) is 6.41. The summed E-state index contributed by atoms with van der Waals surface area (Å²) < 4.78 is 5.49. The minimum atomic E-state index is 0.455. The van der Waals surface area contributed by atoms with Crippen LogP contribution < -0.4 is 0 Å². The topological polar surface area (TPSA) is 26.3 Å². The van der Waals surface area contributed by atoms with Crippen molar-refractivity contribution in [3.63, 3.8) is 0 Å². The number of carbonyl (C=O) groups excluding carboxylic acids is 1. The molecular weight excluding hydrogens is 188 g/mol. The van der Waals surface area contributed by atoms with Gasteiger partial charge >= 0.3 is 0 Å². The van der Waals surface area contributed by atoms with E-state index in [1.54, 1.807) is 0 Å². The van der Waals surface area contributed by atoms with Gasteiger partial charge in [0.1, 0.15) is 5.78 Å². The number of ether oxygens (including phenoxy) is 1. The number of rotatable bonds is 7. The first-order chi connectivity index (χ1) is 7.28. The second-order valence-corrected chi connectivity index (χ2v) is 5.14. The third kappa shape index (κ3) is 3.60. The lowest BCUT2D eigenvalue weighted by atomic mass is 9.78. The molecule has 0 heterocycles. The van der Waals surface area contributed by atoms with Crippen molar-refractivity contribution in [2.45, 2.75) is 58.0 Å². The molecule has 2 saturated carbocycles. The third-order valence-electron chi connectivity index (χ3n) is 3.64. The Bertz CT molecular complexity index is 215. The molecule has 2 aliphatic carbocycles. The summed E-state index contributed by atoms with van der Waals surface area (Å²) in [6.07, 6.45) is 8.21. The quantitative estimate of drug-likeness (QED) is 0.645. The first-order valence-corrected chi connectivity index (χ1v) is 6.41. The SMILES string of the molecule is CCOC1CC(CC(=O)CCC2CC2)C1. The molecule has 2 nitrogen and oxygen atoms in total. The molecule has 0 amide bonds. The van der Waals surface area contributed by atoms with E-state index in [2.05, 4.69) is 0 Å². The van der Waals surface area contributed by atoms with Gasteiger partial charge in [0.15, 0.2) is 0 Å². The van der Waals surface area contributed by atoms with Crippen molar-refractivity contribution in [3.05, 3.63) is 0 Å². The first kappa shape index (κ1) is 11.1. The molecule has 0 aromatic heterocycles. The van der Waals surface area contributed by atoms with E-state index in [-0.39, 0.29) is 0 Å². The lowest BCUT2D eigenvalue weighted by Gasteiger charge is -2.34. The summed E-state index contributed by atoms with van der Waals surface area (Å²) in [6.45, 7) is 2.85. The van der Waals surface area contributed by atoms with Crippen LogP contribution in [-0.2, 0) is 9.53 Å². The summed E-state index contributed by atoms with van der Waals surface area (Å²) in [5.41, 5.74) is 0. The fraction of sp³-hybridized carbons (Fsp3) is 0.923.